The number of hydrogen-bond donors (Lipinski definition) is 3. The van der Waals surface area contributed by atoms with Crippen LogP contribution in [0.1, 0.15) is 50.1 Å². The first-order chi connectivity index (χ1) is 13.8. The fourth-order valence-corrected chi connectivity index (χ4v) is 3.92. The van der Waals surface area contributed by atoms with Crippen LogP contribution in [0.15, 0.2) is 24.3 Å². The van der Waals surface area contributed by atoms with Gasteiger partial charge in [0.2, 0.25) is 11.8 Å². The van der Waals surface area contributed by atoms with Crippen molar-refractivity contribution in [2.75, 3.05) is 5.32 Å². The van der Waals surface area contributed by atoms with Gasteiger partial charge in [-0.2, -0.15) is 0 Å². The summed E-state index contributed by atoms with van der Waals surface area (Å²) in [5.74, 6) is -1.22. The van der Waals surface area contributed by atoms with Crippen LogP contribution in [-0.2, 0) is 9.59 Å². The van der Waals surface area contributed by atoms with E-state index in [-0.39, 0.29) is 39.0 Å². The van der Waals surface area contributed by atoms with E-state index in [4.69, 9.17) is 33.0 Å². The molecule has 2 aromatic rings. The van der Waals surface area contributed by atoms with Crippen LogP contribution in [0, 0.1) is 0 Å². The molecule has 0 bridgehead atoms. The smallest absolute Gasteiger partial charge is 0.312 e. The largest absolute Gasteiger partial charge is 0.506 e. The number of carbonyl (C=O) groups excluding carboxylic acids is 1. The Morgan fingerprint density at radius 1 is 1.14 bits per heavy atom. The van der Waals surface area contributed by atoms with E-state index in [9.17, 15) is 14.7 Å². The standard InChI is InChI=1S/C20H20Cl2N2O5/c21-13-8-12(23-16(26)10-18(27)28)9-14(22)20(13)29-17-7-6-15(25)19(24-17)11-4-2-1-3-5-11/h6-9,11,25H,1-5,10H2,(H,23,26)(H,27,28). The minimum absolute atomic E-state index is 0.122. The molecule has 29 heavy (non-hydrogen) atoms. The Bertz CT molecular complexity index is 906. The molecule has 1 saturated carbocycles. The molecule has 1 aliphatic carbocycles. The number of benzene rings is 1. The number of amides is 1. The lowest BCUT2D eigenvalue weighted by Crippen LogP contribution is -2.15. The van der Waals surface area contributed by atoms with Crippen molar-refractivity contribution in [1.29, 1.82) is 0 Å². The first-order valence-electron chi connectivity index (χ1n) is 9.22. The molecule has 1 aromatic heterocycles. The number of aromatic hydroxyl groups is 1. The normalized spacial score (nSPS) is 14.4. The number of carbonyl (C=O) groups is 2. The number of ether oxygens (including phenoxy) is 1. The number of nitrogens with zero attached hydrogens (tertiary/aromatic N) is 1. The Morgan fingerprint density at radius 3 is 2.41 bits per heavy atom. The number of hydrogen-bond acceptors (Lipinski definition) is 5. The Morgan fingerprint density at radius 2 is 1.79 bits per heavy atom. The molecule has 0 unspecified atom stereocenters. The predicted molar refractivity (Wildman–Crippen MR) is 109 cm³/mol. The Balaban J connectivity index is 1.79. The summed E-state index contributed by atoms with van der Waals surface area (Å²) in [7, 11) is 0. The molecule has 3 N–H and O–H groups in total. The average Bonchev–Trinajstić information content (AvgIpc) is 2.66. The van der Waals surface area contributed by atoms with Crippen molar-refractivity contribution < 1.29 is 24.5 Å². The van der Waals surface area contributed by atoms with Gasteiger partial charge in [0.25, 0.3) is 0 Å². The van der Waals surface area contributed by atoms with Crippen LogP contribution in [0.5, 0.6) is 17.4 Å². The summed E-state index contributed by atoms with van der Waals surface area (Å²) in [6.07, 6.45) is 4.66. The maximum atomic E-state index is 11.6. The summed E-state index contributed by atoms with van der Waals surface area (Å²) >= 11 is 12.5. The van der Waals surface area contributed by atoms with Gasteiger partial charge in [-0.15, -0.1) is 0 Å². The maximum Gasteiger partial charge on any atom is 0.312 e. The van der Waals surface area contributed by atoms with Crippen LogP contribution in [-0.4, -0.2) is 27.1 Å². The Kier molecular flexibility index (Phi) is 6.82. The third kappa shape index (κ3) is 5.52. The molecular weight excluding hydrogens is 419 g/mol. The summed E-state index contributed by atoms with van der Waals surface area (Å²) in [4.78, 5) is 26.6. The van der Waals surface area contributed by atoms with Gasteiger partial charge in [-0.05, 0) is 31.0 Å². The fraction of sp³-hybridized carbons (Fsp3) is 0.350. The second kappa shape index (κ2) is 9.33. The SMILES string of the molecule is O=C(O)CC(=O)Nc1cc(Cl)c(Oc2ccc(O)c(C3CCCCC3)n2)c(Cl)c1. The van der Waals surface area contributed by atoms with Crippen molar-refractivity contribution in [2.45, 2.75) is 44.4 Å². The number of aliphatic carboxylic acids is 1. The van der Waals surface area contributed by atoms with Gasteiger partial charge in [0.15, 0.2) is 5.75 Å². The number of halogens is 2. The predicted octanol–water partition coefficient (Wildman–Crippen LogP) is 5.35. The maximum absolute atomic E-state index is 11.6. The molecule has 7 nitrogen and oxygen atoms in total. The summed E-state index contributed by atoms with van der Waals surface area (Å²) < 4.78 is 5.76. The van der Waals surface area contributed by atoms with E-state index >= 15 is 0 Å². The third-order valence-corrected chi connectivity index (χ3v) is 5.23. The van der Waals surface area contributed by atoms with Crippen LogP contribution in [0.25, 0.3) is 0 Å². The quantitative estimate of drug-likeness (QED) is 0.524. The molecule has 1 aliphatic rings. The van der Waals surface area contributed by atoms with Crippen molar-refractivity contribution in [3.63, 3.8) is 0 Å². The molecule has 0 spiro atoms. The zero-order valence-electron chi connectivity index (χ0n) is 15.5. The van der Waals surface area contributed by atoms with Gasteiger partial charge in [-0.1, -0.05) is 42.5 Å². The molecule has 1 amide bonds. The Labute approximate surface area is 177 Å². The molecular formula is C20H20Cl2N2O5. The zero-order valence-corrected chi connectivity index (χ0v) is 17.0. The van der Waals surface area contributed by atoms with Crippen LogP contribution in [0.2, 0.25) is 10.0 Å². The zero-order chi connectivity index (χ0) is 21.0. The lowest BCUT2D eigenvalue weighted by Gasteiger charge is -2.22. The third-order valence-electron chi connectivity index (χ3n) is 4.67. The first-order valence-corrected chi connectivity index (χ1v) is 9.97. The van der Waals surface area contributed by atoms with E-state index in [0.29, 0.717) is 5.69 Å². The number of nitrogens with one attached hydrogen (secondary N) is 1. The lowest BCUT2D eigenvalue weighted by molar-refractivity contribution is -0.139. The van der Waals surface area contributed by atoms with Crippen LogP contribution in [0.3, 0.4) is 0 Å². The molecule has 0 radical (unpaired) electrons. The number of carboxylic acid groups (broad SMARTS) is 1. The van der Waals surface area contributed by atoms with E-state index in [1.165, 1.54) is 30.7 Å². The van der Waals surface area contributed by atoms with E-state index in [1.54, 1.807) is 0 Å². The summed E-state index contributed by atoms with van der Waals surface area (Å²) in [5.41, 5.74) is 0.854. The highest BCUT2D eigenvalue weighted by molar-refractivity contribution is 6.37. The number of carboxylic acids is 1. The molecule has 0 saturated heterocycles. The van der Waals surface area contributed by atoms with Gasteiger partial charge in [-0.25, -0.2) is 4.98 Å². The summed E-state index contributed by atoms with van der Waals surface area (Å²) in [6.45, 7) is 0. The molecule has 9 heteroatoms. The van der Waals surface area contributed by atoms with E-state index in [1.807, 2.05) is 0 Å². The van der Waals surface area contributed by atoms with Crippen molar-refractivity contribution in [1.82, 2.24) is 4.98 Å². The van der Waals surface area contributed by atoms with Crippen LogP contribution >= 0.6 is 23.2 Å². The van der Waals surface area contributed by atoms with Gasteiger partial charge in [0.05, 0.1) is 15.7 Å². The second-order valence-electron chi connectivity index (χ2n) is 6.88. The van der Waals surface area contributed by atoms with Crippen molar-refractivity contribution in [3.8, 4) is 17.4 Å². The molecule has 3 rings (SSSR count). The van der Waals surface area contributed by atoms with E-state index in [2.05, 4.69) is 10.3 Å². The number of aromatic nitrogens is 1. The van der Waals surface area contributed by atoms with Crippen molar-refractivity contribution in [2.24, 2.45) is 0 Å². The van der Waals surface area contributed by atoms with Gasteiger partial charge in [-0.3, -0.25) is 9.59 Å². The second-order valence-corrected chi connectivity index (χ2v) is 7.69. The van der Waals surface area contributed by atoms with Gasteiger partial charge >= 0.3 is 5.97 Å². The van der Waals surface area contributed by atoms with E-state index in [0.717, 1.165) is 25.7 Å². The molecule has 1 heterocycles. The molecule has 0 atom stereocenters. The lowest BCUT2D eigenvalue weighted by atomic mass is 9.86. The van der Waals surface area contributed by atoms with Gasteiger partial charge in [0, 0.05) is 17.7 Å². The van der Waals surface area contributed by atoms with Crippen LogP contribution < -0.4 is 10.1 Å². The monoisotopic (exact) mass is 438 g/mol. The fourth-order valence-electron chi connectivity index (χ4n) is 3.36. The first kappa shape index (κ1) is 21.2. The number of rotatable bonds is 6. The van der Waals surface area contributed by atoms with Crippen LogP contribution in [0.4, 0.5) is 5.69 Å². The molecule has 0 aliphatic heterocycles. The minimum atomic E-state index is -1.24. The van der Waals surface area contributed by atoms with Crippen molar-refractivity contribution in [3.05, 3.63) is 40.0 Å². The summed E-state index contributed by atoms with van der Waals surface area (Å²) in [6, 6.07) is 5.88. The summed E-state index contributed by atoms with van der Waals surface area (Å²) in [5, 5.41) is 21.5. The van der Waals surface area contributed by atoms with E-state index < -0.39 is 18.3 Å². The molecule has 1 aromatic carbocycles. The van der Waals surface area contributed by atoms with Crippen molar-refractivity contribution >= 4 is 40.8 Å². The highest BCUT2D eigenvalue weighted by Gasteiger charge is 2.21. The highest BCUT2D eigenvalue weighted by atomic mass is 35.5. The van der Waals surface area contributed by atoms with Gasteiger partial charge in [0.1, 0.15) is 12.2 Å². The topological polar surface area (TPSA) is 109 Å². The molecule has 1 fully saturated rings. The van der Waals surface area contributed by atoms with Gasteiger partial charge < -0.3 is 20.3 Å². The highest BCUT2D eigenvalue weighted by Crippen LogP contribution is 2.41. The minimum Gasteiger partial charge on any atom is -0.506 e. The molecule has 154 valence electrons. The average molecular weight is 439 g/mol. The Hall–Kier alpha value is -2.51. The number of anilines is 1. The number of pyridine rings is 1.